The van der Waals surface area contributed by atoms with Crippen LogP contribution in [0.2, 0.25) is 0 Å². The van der Waals surface area contributed by atoms with Crippen LogP contribution in [-0.2, 0) is 14.1 Å². The summed E-state index contributed by atoms with van der Waals surface area (Å²) in [6.07, 6.45) is 2.03. The molecule has 23 heavy (non-hydrogen) atoms. The molecule has 3 nitrogen and oxygen atoms in total. The van der Waals surface area contributed by atoms with E-state index in [0.29, 0.717) is 5.75 Å². The number of thiol groups is 1. The van der Waals surface area contributed by atoms with Crippen LogP contribution in [0.5, 0.6) is 0 Å². The quantitative estimate of drug-likeness (QED) is 0.650. The molecule has 124 valence electrons. The van der Waals surface area contributed by atoms with Crippen LogP contribution >= 0.6 is 24.4 Å². The molecule has 0 aliphatic carbocycles. The van der Waals surface area contributed by atoms with E-state index in [-0.39, 0.29) is 5.12 Å². The molecule has 2 rings (SSSR count). The van der Waals surface area contributed by atoms with Gasteiger partial charge in [-0.05, 0) is 50.9 Å². The summed E-state index contributed by atoms with van der Waals surface area (Å²) in [5.74, 6) is 0.545. The minimum Gasteiger partial charge on any atom is -0.400 e. The van der Waals surface area contributed by atoms with E-state index in [2.05, 4.69) is 12.6 Å². The highest BCUT2D eigenvalue weighted by atomic mass is 32.2. The van der Waals surface area contributed by atoms with Crippen molar-refractivity contribution in [2.24, 2.45) is 0 Å². The van der Waals surface area contributed by atoms with Crippen molar-refractivity contribution >= 4 is 42.7 Å². The minimum absolute atomic E-state index is 0.0790. The molecule has 1 saturated heterocycles. The fourth-order valence-electron chi connectivity index (χ4n) is 2.19. The normalized spacial score (nSPS) is 19.9. The van der Waals surface area contributed by atoms with Gasteiger partial charge < -0.3 is 9.31 Å². The summed E-state index contributed by atoms with van der Waals surface area (Å²) in [6, 6.07) is 7.86. The second kappa shape index (κ2) is 7.05. The second-order valence-electron chi connectivity index (χ2n) is 6.68. The van der Waals surface area contributed by atoms with E-state index < -0.39 is 18.3 Å². The van der Waals surface area contributed by atoms with Crippen molar-refractivity contribution in [1.82, 2.24) is 0 Å². The molecule has 0 N–H and O–H groups in total. The van der Waals surface area contributed by atoms with Crippen LogP contribution in [0.15, 0.2) is 34.6 Å². The number of carbonyl (C=O) groups excluding carboxylic acids is 1. The Morgan fingerprint density at radius 2 is 1.87 bits per heavy atom. The number of thioether (sulfide) groups is 1. The number of carbonyl (C=O) groups is 1. The van der Waals surface area contributed by atoms with Gasteiger partial charge in [0.25, 0.3) is 0 Å². The molecule has 1 aliphatic heterocycles. The molecule has 0 radical (unpaired) electrons. The summed E-state index contributed by atoms with van der Waals surface area (Å²) >= 11 is 5.64. The lowest BCUT2D eigenvalue weighted by Gasteiger charge is -2.32. The molecule has 6 heteroatoms. The fourth-order valence-corrected chi connectivity index (χ4v) is 3.01. The molecular weight excluding hydrogens is 327 g/mol. The average molecular weight is 350 g/mol. The molecule has 1 heterocycles. The van der Waals surface area contributed by atoms with Gasteiger partial charge in [0, 0.05) is 17.6 Å². The van der Waals surface area contributed by atoms with E-state index in [1.165, 1.54) is 11.8 Å². The topological polar surface area (TPSA) is 35.5 Å². The number of rotatable bonds is 4. The standard InChI is InChI=1S/C17H23BO3S2/c1-12(19)23-11-14(9-13-7-6-8-15(22)10-13)18-20-16(2,3)17(4,5)21-18/h6-10,22H,11H2,1-5H3. The first-order chi connectivity index (χ1) is 10.6. The van der Waals surface area contributed by atoms with E-state index >= 15 is 0 Å². The molecular formula is C17H23BO3S2. The minimum atomic E-state index is -0.449. The molecule has 0 spiro atoms. The first-order valence-corrected chi connectivity index (χ1v) is 9.02. The van der Waals surface area contributed by atoms with Crippen LogP contribution in [0.1, 0.15) is 40.2 Å². The van der Waals surface area contributed by atoms with Gasteiger partial charge in [0.05, 0.1) is 11.2 Å². The Hall–Kier alpha value is -0.685. The van der Waals surface area contributed by atoms with E-state index in [1.54, 1.807) is 6.92 Å². The third-order valence-electron chi connectivity index (χ3n) is 4.22. The molecule has 1 fully saturated rings. The predicted octanol–water partition coefficient (Wildman–Crippen LogP) is 4.27. The highest BCUT2D eigenvalue weighted by molar-refractivity contribution is 8.13. The molecule has 1 aliphatic rings. The van der Waals surface area contributed by atoms with Gasteiger partial charge in [-0.2, -0.15) is 0 Å². The maximum atomic E-state index is 11.4. The Morgan fingerprint density at radius 1 is 1.26 bits per heavy atom. The Bertz CT molecular complexity index is 610. The van der Waals surface area contributed by atoms with Crippen molar-refractivity contribution in [3.63, 3.8) is 0 Å². The van der Waals surface area contributed by atoms with Crippen molar-refractivity contribution in [3.8, 4) is 0 Å². The van der Waals surface area contributed by atoms with Crippen LogP contribution in [0, 0.1) is 0 Å². The summed E-state index contributed by atoms with van der Waals surface area (Å²) in [7, 11) is -0.449. The largest absolute Gasteiger partial charge is 0.491 e. The fraction of sp³-hybridized carbons (Fsp3) is 0.471. The summed E-state index contributed by atoms with van der Waals surface area (Å²) < 4.78 is 12.3. The molecule has 0 amide bonds. The lowest BCUT2D eigenvalue weighted by atomic mass is 9.78. The molecule has 0 saturated carbocycles. The molecule has 0 unspecified atom stereocenters. The Kier molecular flexibility index (Phi) is 5.72. The van der Waals surface area contributed by atoms with Crippen LogP contribution in [0.4, 0.5) is 0 Å². The lowest BCUT2D eigenvalue weighted by molar-refractivity contribution is -0.109. The Morgan fingerprint density at radius 3 is 2.39 bits per heavy atom. The highest BCUT2D eigenvalue weighted by Gasteiger charge is 2.52. The third-order valence-corrected chi connectivity index (χ3v) is 5.38. The second-order valence-corrected chi connectivity index (χ2v) is 8.35. The molecule has 0 aromatic heterocycles. The third kappa shape index (κ3) is 4.66. The van der Waals surface area contributed by atoms with Gasteiger partial charge in [-0.15, -0.1) is 12.6 Å². The maximum Gasteiger partial charge on any atom is 0.491 e. The smallest absolute Gasteiger partial charge is 0.400 e. The van der Waals surface area contributed by atoms with Gasteiger partial charge in [-0.25, -0.2) is 0 Å². The molecule has 0 atom stereocenters. The van der Waals surface area contributed by atoms with Gasteiger partial charge in [-0.1, -0.05) is 30.0 Å². The zero-order chi connectivity index (χ0) is 17.3. The Labute approximate surface area is 148 Å². The van der Waals surface area contributed by atoms with E-state index in [1.807, 2.05) is 58.0 Å². The van der Waals surface area contributed by atoms with Crippen molar-refractivity contribution in [2.75, 3.05) is 5.75 Å². The number of hydrogen-bond acceptors (Lipinski definition) is 5. The first-order valence-electron chi connectivity index (χ1n) is 7.59. The lowest BCUT2D eigenvalue weighted by Crippen LogP contribution is -2.41. The number of benzene rings is 1. The molecule has 0 bridgehead atoms. The van der Waals surface area contributed by atoms with Crippen LogP contribution in [-0.4, -0.2) is 29.2 Å². The van der Waals surface area contributed by atoms with E-state index in [9.17, 15) is 4.79 Å². The first kappa shape index (κ1) is 18.7. The van der Waals surface area contributed by atoms with Gasteiger partial charge in [-0.3, -0.25) is 4.79 Å². The van der Waals surface area contributed by atoms with Crippen molar-refractivity contribution in [2.45, 2.75) is 50.7 Å². The Balaban J connectivity index is 2.30. The van der Waals surface area contributed by atoms with Crippen LogP contribution < -0.4 is 0 Å². The van der Waals surface area contributed by atoms with Crippen molar-refractivity contribution in [3.05, 3.63) is 35.3 Å². The van der Waals surface area contributed by atoms with Crippen LogP contribution in [0.3, 0.4) is 0 Å². The van der Waals surface area contributed by atoms with Crippen molar-refractivity contribution < 1.29 is 14.1 Å². The SMILES string of the molecule is CC(=O)SCC(=Cc1cccc(S)c1)B1OC(C)(C)C(C)(C)O1. The van der Waals surface area contributed by atoms with Gasteiger partial charge in [0.1, 0.15) is 0 Å². The average Bonchev–Trinajstić information content (AvgIpc) is 2.63. The van der Waals surface area contributed by atoms with Gasteiger partial charge in [0.2, 0.25) is 0 Å². The molecule has 1 aromatic rings. The molecule has 1 aromatic carbocycles. The summed E-state index contributed by atoms with van der Waals surface area (Å²) in [6.45, 7) is 9.67. The summed E-state index contributed by atoms with van der Waals surface area (Å²) in [4.78, 5) is 12.3. The van der Waals surface area contributed by atoms with Crippen molar-refractivity contribution in [1.29, 1.82) is 0 Å². The zero-order valence-corrected chi connectivity index (χ0v) is 16.0. The maximum absolute atomic E-state index is 11.4. The van der Waals surface area contributed by atoms with E-state index in [0.717, 1.165) is 15.9 Å². The summed E-state index contributed by atoms with van der Waals surface area (Å²) in [5, 5.41) is 0.0790. The number of hydrogen-bond donors (Lipinski definition) is 1. The monoisotopic (exact) mass is 350 g/mol. The predicted molar refractivity (Wildman–Crippen MR) is 101 cm³/mol. The highest BCUT2D eigenvalue weighted by Crippen LogP contribution is 2.39. The summed E-state index contributed by atoms with van der Waals surface area (Å²) in [5.41, 5.74) is 1.17. The van der Waals surface area contributed by atoms with E-state index in [4.69, 9.17) is 9.31 Å². The van der Waals surface area contributed by atoms with Gasteiger partial charge >= 0.3 is 7.12 Å². The zero-order valence-electron chi connectivity index (χ0n) is 14.3. The van der Waals surface area contributed by atoms with Gasteiger partial charge in [0.15, 0.2) is 5.12 Å². The van der Waals surface area contributed by atoms with Crippen LogP contribution in [0.25, 0.3) is 6.08 Å².